The van der Waals surface area contributed by atoms with Crippen molar-refractivity contribution in [2.24, 2.45) is 5.73 Å². The molecule has 0 saturated carbocycles. The van der Waals surface area contributed by atoms with Crippen LogP contribution in [0.3, 0.4) is 0 Å². The maximum absolute atomic E-state index is 10.9. The smallest absolute Gasteiger partial charge is 0.266 e. The van der Waals surface area contributed by atoms with Crippen molar-refractivity contribution in [1.82, 2.24) is 0 Å². The van der Waals surface area contributed by atoms with E-state index in [0.29, 0.717) is 23.7 Å². The lowest BCUT2D eigenvalue weighted by atomic mass is 10.1. The lowest BCUT2D eigenvalue weighted by Crippen LogP contribution is -2.21. The van der Waals surface area contributed by atoms with Gasteiger partial charge in [-0.05, 0) is 30.2 Å². The van der Waals surface area contributed by atoms with Gasteiger partial charge in [0, 0.05) is 6.04 Å². The van der Waals surface area contributed by atoms with E-state index in [1.807, 2.05) is 37.3 Å². The lowest BCUT2D eigenvalue weighted by molar-refractivity contribution is 0.284. The first-order valence-electron chi connectivity index (χ1n) is 8.26. The maximum Gasteiger partial charge on any atom is 0.266 e. The Labute approximate surface area is 167 Å². The van der Waals surface area contributed by atoms with Crippen LogP contribution in [0, 0.1) is 12.8 Å². The summed E-state index contributed by atoms with van der Waals surface area (Å²) in [6, 6.07) is 13.7. The van der Waals surface area contributed by atoms with Gasteiger partial charge in [0.05, 0.1) is 12.9 Å². The van der Waals surface area contributed by atoms with Crippen molar-refractivity contribution in [2.45, 2.75) is 19.6 Å². The molecular weight excluding hydrogens is 378 g/mol. The number of hydrogen-bond acceptors (Lipinski definition) is 5. The zero-order valence-corrected chi connectivity index (χ0v) is 16.9. The molecule has 3 N–H and O–H groups in total. The predicted octanol–water partition coefficient (Wildman–Crippen LogP) is 3.60. The van der Waals surface area contributed by atoms with E-state index < -0.39 is 21.9 Å². The number of allylic oxidation sites excluding steroid dienone is 1. The number of ether oxygens (including phenoxy) is 2. The normalized spacial score (nSPS) is 10.9. The highest BCUT2D eigenvalue weighted by Gasteiger charge is 2.17. The van der Waals surface area contributed by atoms with Crippen molar-refractivity contribution in [3.8, 4) is 24.3 Å². The molecule has 0 amide bonds. The van der Waals surface area contributed by atoms with Crippen LogP contribution in [0.4, 0.5) is 0 Å². The molecule has 1 unspecified atom stereocenters. The summed E-state index contributed by atoms with van der Waals surface area (Å²) in [5.41, 5.74) is 7.33. The second-order valence-electron chi connectivity index (χ2n) is 5.45. The Morgan fingerprint density at radius 2 is 1.75 bits per heavy atom. The molecule has 6 nitrogen and oxygen atoms in total. The minimum absolute atomic E-state index is 0.383. The van der Waals surface area contributed by atoms with Crippen LogP contribution in [0.15, 0.2) is 61.2 Å². The zero-order valence-electron chi connectivity index (χ0n) is 16.1. The summed E-state index contributed by atoms with van der Waals surface area (Å²) in [6.07, 6.45) is 9.75. The molecule has 2 aromatic carbocycles. The average molecular weight is 406 g/mol. The van der Waals surface area contributed by atoms with Crippen LogP contribution in [-0.2, 0) is 16.7 Å². The molecule has 0 aliphatic carbocycles. The quantitative estimate of drug-likeness (QED) is 0.415. The highest BCUT2D eigenvalue weighted by atomic mass is 32.2. The van der Waals surface area contributed by atoms with E-state index in [4.69, 9.17) is 19.8 Å². The molecule has 0 aliphatic rings. The Morgan fingerprint density at radius 3 is 2.25 bits per heavy atom. The van der Waals surface area contributed by atoms with Gasteiger partial charge in [-0.2, -0.15) is 8.42 Å². The first-order chi connectivity index (χ1) is 13.3. The van der Waals surface area contributed by atoms with Gasteiger partial charge in [-0.3, -0.25) is 4.55 Å². The van der Waals surface area contributed by atoms with Crippen LogP contribution < -0.4 is 15.2 Å². The second-order valence-corrected chi connectivity index (χ2v) is 6.95. The molecule has 1 atom stereocenters. The van der Waals surface area contributed by atoms with Gasteiger partial charge in [0.1, 0.15) is 6.61 Å². The fourth-order valence-electron chi connectivity index (χ4n) is 2.09. The Kier molecular flexibility index (Phi) is 12.1. The van der Waals surface area contributed by atoms with E-state index in [9.17, 15) is 8.42 Å². The maximum atomic E-state index is 10.9. The molecule has 0 aromatic heterocycles. The third-order valence-electron chi connectivity index (χ3n) is 3.24. The van der Waals surface area contributed by atoms with E-state index in [1.165, 1.54) is 7.11 Å². The lowest BCUT2D eigenvalue weighted by Gasteiger charge is -2.15. The zero-order chi connectivity index (χ0) is 21.6. The predicted molar refractivity (Wildman–Crippen MR) is 113 cm³/mol. The van der Waals surface area contributed by atoms with Gasteiger partial charge in [-0.15, -0.1) is 19.4 Å². The van der Waals surface area contributed by atoms with Crippen LogP contribution in [0.2, 0.25) is 0 Å². The molecule has 28 heavy (non-hydrogen) atoms. The molecule has 0 aliphatic heterocycles. The SMILES string of the molecule is C#C.C=CC.COc1cc(C(N)CS(=O)(=O)O)ccc1OCc1ccccc1. The number of hydrogen-bond donors (Lipinski definition) is 2. The summed E-state index contributed by atoms with van der Waals surface area (Å²) in [6.45, 7) is 5.63. The molecule has 152 valence electrons. The Balaban J connectivity index is 0.00000133. The molecule has 0 radical (unpaired) electrons. The van der Waals surface area contributed by atoms with E-state index in [0.717, 1.165) is 5.56 Å². The molecule has 0 fully saturated rings. The van der Waals surface area contributed by atoms with Crippen LogP contribution in [0.1, 0.15) is 24.1 Å². The van der Waals surface area contributed by atoms with Gasteiger partial charge in [0.2, 0.25) is 0 Å². The van der Waals surface area contributed by atoms with Crippen LogP contribution in [-0.4, -0.2) is 25.8 Å². The van der Waals surface area contributed by atoms with Gasteiger partial charge in [0.25, 0.3) is 10.1 Å². The average Bonchev–Trinajstić information content (AvgIpc) is 2.68. The minimum Gasteiger partial charge on any atom is -0.493 e. The fraction of sp³-hybridized carbons (Fsp3) is 0.238. The Bertz CT molecular complexity index is 832. The topological polar surface area (TPSA) is 98.9 Å². The van der Waals surface area contributed by atoms with Crippen LogP contribution in [0.25, 0.3) is 0 Å². The summed E-state index contributed by atoms with van der Waals surface area (Å²) < 4.78 is 41.7. The van der Waals surface area contributed by atoms with E-state index >= 15 is 0 Å². The number of rotatable bonds is 7. The monoisotopic (exact) mass is 405 g/mol. The molecule has 0 saturated heterocycles. The van der Waals surface area contributed by atoms with Crippen LogP contribution in [0.5, 0.6) is 11.5 Å². The third kappa shape index (κ3) is 9.78. The van der Waals surface area contributed by atoms with Gasteiger partial charge < -0.3 is 15.2 Å². The van der Waals surface area contributed by atoms with E-state index in [2.05, 4.69) is 19.4 Å². The summed E-state index contributed by atoms with van der Waals surface area (Å²) in [5, 5.41) is 0. The van der Waals surface area contributed by atoms with Gasteiger partial charge in [-0.1, -0.05) is 42.5 Å². The first-order valence-corrected chi connectivity index (χ1v) is 9.87. The van der Waals surface area contributed by atoms with Gasteiger partial charge in [0.15, 0.2) is 11.5 Å². The number of benzene rings is 2. The molecule has 2 aromatic rings. The van der Waals surface area contributed by atoms with Gasteiger partial charge in [-0.25, -0.2) is 0 Å². The highest BCUT2D eigenvalue weighted by molar-refractivity contribution is 7.85. The Hall–Kier alpha value is -2.79. The molecule has 0 heterocycles. The summed E-state index contributed by atoms with van der Waals surface area (Å²) in [7, 11) is -2.66. The number of terminal acetylenes is 1. The molecule has 0 spiro atoms. The first kappa shape index (κ1) is 25.2. The molecule has 7 heteroatoms. The Morgan fingerprint density at radius 1 is 1.18 bits per heavy atom. The summed E-state index contributed by atoms with van der Waals surface area (Å²) >= 11 is 0. The standard InChI is InChI=1S/C16H19NO5S.C3H6.C2H2/c1-21-16-9-13(14(17)11-23(18,19)20)7-8-15(16)22-10-12-5-3-2-4-6-12;1-3-2;1-2/h2-9,14H,10-11,17H2,1H3,(H,18,19,20);3H,1H2,2H3;1-2H. The summed E-state index contributed by atoms with van der Waals surface area (Å²) in [4.78, 5) is 0. The van der Waals surface area contributed by atoms with Crippen molar-refractivity contribution in [3.63, 3.8) is 0 Å². The largest absolute Gasteiger partial charge is 0.493 e. The van der Waals surface area contributed by atoms with Crippen molar-refractivity contribution in [1.29, 1.82) is 0 Å². The van der Waals surface area contributed by atoms with Crippen molar-refractivity contribution >= 4 is 10.1 Å². The van der Waals surface area contributed by atoms with E-state index in [1.54, 1.807) is 24.3 Å². The fourth-order valence-corrected chi connectivity index (χ4v) is 2.74. The summed E-state index contributed by atoms with van der Waals surface area (Å²) in [5.74, 6) is 0.420. The van der Waals surface area contributed by atoms with Crippen molar-refractivity contribution < 1.29 is 22.4 Å². The molecule has 0 bridgehead atoms. The van der Waals surface area contributed by atoms with Crippen molar-refractivity contribution in [2.75, 3.05) is 12.9 Å². The minimum atomic E-state index is -4.14. The van der Waals surface area contributed by atoms with Gasteiger partial charge >= 0.3 is 0 Å². The highest BCUT2D eigenvalue weighted by Crippen LogP contribution is 2.30. The number of nitrogens with two attached hydrogens (primary N) is 1. The molecule has 2 rings (SSSR count). The molecular formula is C21H27NO5S. The van der Waals surface area contributed by atoms with E-state index in [-0.39, 0.29) is 0 Å². The van der Waals surface area contributed by atoms with Crippen molar-refractivity contribution in [3.05, 3.63) is 72.3 Å². The third-order valence-corrected chi connectivity index (χ3v) is 4.02. The van der Waals surface area contributed by atoms with Crippen LogP contribution >= 0.6 is 0 Å². The second kappa shape index (κ2) is 13.4. The number of methoxy groups -OCH3 is 1.